The van der Waals surface area contributed by atoms with Crippen LogP contribution in [0.1, 0.15) is 55.9 Å². The monoisotopic (exact) mass is 418 g/mol. The molecule has 156 valence electrons. The molecule has 8 heteroatoms. The number of hydrogen-bond donors (Lipinski definition) is 2. The number of amides is 1. The van der Waals surface area contributed by atoms with E-state index in [4.69, 9.17) is 16.3 Å². The molecule has 2 aromatic heterocycles. The van der Waals surface area contributed by atoms with E-state index in [1.807, 2.05) is 0 Å². The van der Waals surface area contributed by atoms with Gasteiger partial charge in [-0.3, -0.25) is 9.20 Å². The maximum atomic E-state index is 13.0. The number of nitrogens with zero attached hydrogens (tertiary/aromatic N) is 2. The molecular formula is C21H27ClN4O3. The Bertz CT molecular complexity index is 907. The van der Waals surface area contributed by atoms with Crippen molar-refractivity contribution >= 4 is 34.8 Å². The van der Waals surface area contributed by atoms with E-state index in [9.17, 15) is 9.59 Å². The molecule has 2 atom stereocenters. The van der Waals surface area contributed by atoms with Gasteiger partial charge in [0, 0.05) is 6.20 Å². The third-order valence-corrected chi connectivity index (χ3v) is 6.47. The number of rotatable bonds is 5. The SMILES string of the molecule is CCOC(=O)c1nc2ccc(NC(=O)[C@H]3NCC[C@H]3C3CCCCC3)cn2c1Cl. The first-order valence-electron chi connectivity index (χ1n) is 10.5. The summed E-state index contributed by atoms with van der Waals surface area (Å²) in [4.78, 5) is 29.2. The third kappa shape index (κ3) is 4.12. The number of anilines is 1. The van der Waals surface area contributed by atoms with Gasteiger partial charge >= 0.3 is 5.97 Å². The molecule has 7 nitrogen and oxygen atoms in total. The van der Waals surface area contributed by atoms with Crippen molar-refractivity contribution in [2.45, 2.75) is 51.5 Å². The third-order valence-electron chi connectivity index (χ3n) is 6.10. The summed E-state index contributed by atoms with van der Waals surface area (Å²) in [6.07, 6.45) is 9.05. The van der Waals surface area contributed by atoms with Gasteiger partial charge in [-0.05, 0) is 43.9 Å². The second-order valence-electron chi connectivity index (χ2n) is 7.89. The molecule has 1 saturated heterocycles. The number of esters is 1. The van der Waals surface area contributed by atoms with Crippen LogP contribution in [-0.2, 0) is 9.53 Å². The van der Waals surface area contributed by atoms with Crippen molar-refractivity contribution in [3.05, 3.63) is 29.2 Å². The van der Waals surface area contributed by atoms with Gasteiger partial charge in [0.2, 0.25) is 5.91 Å². The molecule has 1 aliphatic carbocycles. The lowest BCUT2D eigenvalue weighted by molar-refractivity contribution is -0.119. The van der Waals surface area contributed by atoms with Crippen LogP contribution in [0.2, 0.25) is 5.15 Å². The second-order valence-corrected chi connectivity index (χ2v) is 8.25. The molecule has 0 bridgehead atoms. The van der Waals surface area contributed by atoms with E-state index in [2.05, 4.69) is 15.6 Å². The van der Waals surface area contributed by atoms with Crippen LogP contribution in [0.5, 0.6) is 0 Å². The highest BCUT2D eigenvalue weighted by atomic mass is 35.5. The van der Waals surface area contributed by atoms with Crippen LogP contribution in [0.15, 0.2) is 18.3 Å². The Hall–Kier alpha value is -2.12. The van der Waals surface area contributed by atoms with E-state index in [0.717, 1.165) is 13.0 Å². The number of halogens is 1. The lowest BCUT2D eigenvalue weighted by atomic mass is 9.76. The van der Waals surface area contributed by atoms with Crippen molar-refractivity contribution in [1.82, 2.24) is 14.7 Å². The molecular weight excluding hydrogens is 392 g/mol. The van der Waals surface area contributed by atoms with E-state index < -0.39 is 5.97 Å². The minimum atomic E-state index is -0.558. The Labute approximate surface area is 175 Å². The Morgan fingerprint density at radius 2 is 2.07 bits per heavy atom. The molecule has 1 aliphatic heterocycles. The van der Waals surface area contributed by atoms with Crippen molar-refractivity contribution in [3.8, 4) is 0 Å². The van der Waals surface area contributed by atoms with Crippen LogP contribution in [0.4, 0.5) is 5.69 Å². The number of carbonyl (C=O) groups excluding carboxylic acids is 2. The van der Waals surface area contributed by atoms with E-state index in [1.165, 1.54) is 32.1 Å². The van der Waals surface area contributed by atoms with Crippen molar-refractivity contribution in [2.75, 3.05) is 18.5 Å². The molecule has 2 aliphatic rings. The highest BCUT2D eigenvalue weighted by Gasteiger charge is 2.38. The zero-order valence-corrected chi connectivity index (χ0v) is 17.4. The fourth-order valence-electron chi connectivity index (χ4n) is 4.72. The Morgan fingerprint density at radius 1 is 1.28 bits per heavy atom. The van der Waals surface area contributed by atoms with Crippen molar-refractivity contribution in [1.29, 1.82) is 0 Å². The van der Waals surface area contributed by atoms with Crippen LogP contribution >= 0.6 is 11.6 Å². The summed E-state index contributed by atoms with van der Waals surface area (Å²) >= 11 is 6.32. The number of aromatic nitrogens is 2. The molecule has 0 radical (unpaired) electrons. The lowest BCUT2D eigenvalue weighted by Gasteiger charge is -2.30. The molecule has 3 heterocycles. The van der Waals surface area contributed by atoms with Crippen molar-refractivity contribution in [3.63, 3.8) is 0 Å². The number of imidazole rings is 1. The van der Waals surface area contributed by atoms with E-state index in [0.29, 0.717) is 23.2 Å². The molecule has 0 unspecified atom stereocenters. The number of nitrogens with one attached hydrogen (secondary N) is 2. The summed E-state index contributed by atoms with van der Waals surface area (Å²) in [5.41, 5.74) is 1.22. The van der Waals surface area contributed by atoms with Crippen LogP contribution < -0.4 is 10.6 Å². The summed E-state index contributed by atoms with van der Waals surface area (Å²) in [5, 5.41) is 6.57. The molecule has 1 saturated carbocycles. The average molecular weight is 419 g/mol. The van der Waals surface area contributed by atoms with Crippen molar-refractivity contribution in [2.24, 2.45) is 11.8 Å². The molecule has 1 amide bonds. The largest absolute Gasteiger partial charge is 0.461 e. The van der Waals surface area contributed by atoms with Crippen molar-refractivity contribution < 1.29 is 14.3 Å². The van der Waals surface area contributed by atoms with Gasteiger partial charge in [0.15, 0.2) is 5.69 Å². The standard InChI is InChI=1S/C21H27ClN4O3/c1-2-29-21(28)18-19(22)26-12-14(8-9-16(26)25-18)24-20(27)17-15(10-11-23-17)13-6-4-3-5-7-13/h8-9,12-13,15,17,23H,2-7,10-11H2,1H3,(H,24,27)/t15-,17-/m0/s1. The predicted octanol–water partition coefficient (Wildman–Crippen LogP) is 3.66. The van der Waals surface area contributed by atoms with E-state index in [-0.39, 0.29) is 29.4 Å². The Balaban J connectivity index is 1.50. The zero-order valence-electron chi connectivity index (χ0n) is 16.6. The van der Waals surface area contributed by atoms with E-state index >= 15 is 0 Å². The van der Waals surface area contributed by atoms with Gasteiger partial charge in [0.05, 0.1) is 18.3 Å². The van der Waals surface area contributed by atoms with E-state index in [1.54, 1.807) is 29.7 Å². The molecule has 2 fully saturated rings. The van der Waals surface area contributed by atoms with Gasteiger partial charge in [-0.2, -0.15) is 0 Å². The molecule has 2 aromatic rings. The molecule has 4 rings (SSSR count). The van der Waals surface area contributed by atoms with Crippen LogP contribution in [0.25, 0.3) is 5.65 Å². The first-order valence-corrected chi connectivity index (χ1v) is 10.8. The maximum Gasteiger partial charge on any atom is 0.360 e. The lowest BCUT2D eigenvalue weighted by Crippen LogP contribution is -2.42. The van der Waals surface area contributed by atoms with Gasteiger partial charge in [0.1, 0.15) is 10.8 Å². The van der Waals surface area contributed by atoms with Crippen LogP contribution in [0, 0.1) is 11.8 Å². The topological polar surface area (TPSA) is 84.7 Å². The highest BCUT2D eigenvalue weighted by molar-refractivity contribution is 6.32. The summed E-state index contributed by atoms with van der Waals surface area (Å²) in [6, 6.07) is 3.34. The summed E-state index contributed by atoms with van der Waals surface area (Å²) in [6.45, 7) is 2.86. The van der Waals surface area contributed by atoms with Gasteiger partial charge in [-0.1, -0.05) is 43.7 Å². The molecule has 2 N–H and O–H groups in total. The fourth-order valence-corrected chi connectivity index (χ4v) is 4.97. The first kappa shape index (κ1) is 20.2. The first-order chi connectivity index (χ1) is 14.1. The number of pyridine rings is 1. The van der Waals surface area contributed by atoms with Gasteiger partial charge in [-0.15, -0.1) is 0 Å². The molecule has 0 spiro atoms. The smallest absolute Gasteiger partial charge is 0.360 e. The van der Waals surface area contributed by atoms with Gasteiger partial charge < -0.3 is 15.4 Å². The summed E-state index contributed by atoms with van der Waals surface area (Å²) in [5.74, 6) is 0.454. The highest BCUT2D eigenvalue weighted by Crippen LogP contribution is 2.36. The zero-order chi connectivity index (χ0) is 20.4. The molecule has 0 aromatic carbocycles. The Morgan fingerprint density at radius 3 is 2.83 bits per heavy atom. The fraction of sp³-hybridized carbons (Fsp3) is 0.571. The predicted molar refractivity (Wildman–Crippen MR) is 111 cm³/mol. The van der Waals surface area contributed by atoms with Gasteiger partial charge in [0.25, 0.3) is 0 Å². The Kier molecular flexibility index (Phi) is 6.06. The summed E-state index contributed by atoms with van der Waals surface area (Å²) in [7, 11) is 0. The van der Waals surface area contributed by atoms with Gasteiger partial charge in [-0.25, -0.2) is 9.78 Å². The number of ether oxygens (including phenoxy) is 1. The number of hydrogen-bond acceptors (Lipinski definition) is 5. The van der Waals surface area contributed by atoms with Crippen LogP contribution in [0.3, 0.4) is 0 Å². The minimum Gasteiger partial charge on any atom is -0.461 e. The average Bonchev–Trinajstić information content (AvgIpc) is 3.34. The summed E-state index contributed by atoms with van der Waals surface area (Å²) < 4.78 is 6.58. The molecule has 29 heavy (non-hydrogen) atoms. The quantitative estimate of drug-likeness (QED) is 0.724. The van der Waals surface area contributed by atoms with Crippen LogP contribution in [-0.4, -0.2) is 40.5 Å². The minimum absolute atomic E-state index is 0.0146. The normalized spacial score (nSPS) is 22.7. The number of fused-ring (bicyclic) bond motifs is 1. The maximum absolute atomic E-state index is 13.0. The second kappa shape index (κ2) is 8.71. The number of carbonyl (C=O) groups is 2.